The number of nitrogens with one attached hydrogen (secondary N) is 1. The summed E-state index contributed by atoms with van der Waals surface area (Å²) in [7, 11) is 0. The Morgan fingerprint density at radius 1 is 1.33 bits per heavy atom. The van der Waals surface area contributed by atoms with Crippen molar-refractivity contribution < 1.29 is 14.3 Å². The van der Waals surface area contributed by atoms with Crippen LogP contribution in [-0.2, 0) is 16.0 Å². The fourth-order valence-electron chi connectivity index (χ4n) is 1.38. The minimum Gasteiger partial charge on any atom is -0.484 e. The first-order valence-corrected chi connectivity index (χ1v) is 5.70. The van der Waals surface area contributed by atoms with Crippen LogP contribution < -0.4 is 10.1 Å². The highest BCUT2D eigenvalue weighted by molar-refractivity contribution is 5.78. The molecule has 0 bridgehead atoms. The van der Waals surface area contributed by atoms with E-state index in [1.165, 1.54) is 0 Å². The number of amides is 1. The molecule has 0 radical (unpaired) electrons. The number of carbonyl (C=O) groups is 2. The van der Waals surface area contributed by atoms with E-state index in [0.717, 1.165) is 5.56 Å². The molecule has 0 aliphatic carbocycles. The van der Waals surface area contributed by atoms with Crippen molar-refractivity contribution in [2.24, 2.45) is 0 Å². The second-order valence-electron chi connectivity index (χ2n) is 3.90. The van der Waals surface area contributed by atoms with Gasteiger partial charge in [-0.3, -0.25) is 9.59 Å². The Labute approximate surface area is 107 Å². The number of carbonyl (C=O) groups excluding carboxylic acids is 2. The third-order valence-corrected chi connectivity index (χ3v) is 2.19. The molecule has 96 valence electrons. The maximum absolute atomic E-state index is 11.3. The Morgan fingerprint density at radius 2 is 2.00 bits per heavy atom. The predicted molar refractivity (Wildman–Crippen MR) is 69.5 cm³/mol. The van der Waals surface area contributed by atoms with E-state index >= 15 is 0 Å². The molecular weight excluding hydrogens is 230 g/mol. The fraction of sp³-hybridized carbons (Fsp3) is 0.286. The molecule has 4 heteroatoms. The maximum Gasteiger partial charge on any atom is 0.258 e. The van der Waals surface area contributed by atoms with Crippen molar-refractivity contribution in [3.63, 3.8) is 0 Å². The van der Waals surface area contributed by atoms with E-state index in [0.29, 0.717) is 18.7 Å². The molecule has 18 heavy (non-hydrogen) atoms. The number of ether oxygens (including phenoxy) is 1. The lowest BCUT2D eigenvalue weighted by Gasteiger charge is -2.06. The lowest BCUT2D eigenvalue weighted by atomic mass is 10.1. The molecular formula is C14H17NO3. The van der Waals surface area contributed by atoms with Crippen LogP contribution in [0.5, 0.6) is 5.75 Å². The quantitative estimate of drug-likeness (QED) is 0.743. The molecule has 0 aliphatic rings. The fourth-order valence-corrected chi connectivity index (χ4v) is 1.38. The Kier molecular flexibility index (Phi) is 5.64. The van der Waals surface area contributed by atoms with Gasteiger partial charge in [-0.05, 0) is 24.6 Å². The van der Waals surface area contributed by atoms with Gasteiger partial charge in [0.15, 0.2) is 6.61 Å². The normalized spacial score (nSPS) is 9.61. The topological polar surface area (TPSA) is 55.4 Å². The molecule has 1 N–H and O–H groups in total. The van der Waals surface area contributed by atoms with E-state index in [2.05, 4.69) is 11.9 Å². The molecule has 0 aromatic heterocycles. The van der Waals surface area contributed by atoms with Crippen LogP contribution in [0.25, 0.3) is 0 Å². The highest BCUT2D eigenvalue weighted by atomic mass is 16.5. The van der Waals surface area contributed by atoms with E-state index in [-0.39, 0.29) is 18.3 Å². The van der Waals surface area contributed by atoms with E-state index in [1.54, 1.807) is 25.1 Å². The average molecular weight is 247 g/mol. The first-order valence-electron chi connectivity index (χ1n) is 5.70. The predicted octanol–water partition coefficient (Wildman–Crippen LogP) is 1.50. The molecule has 1 aromatic carbocycles. The summed E-state index contributed by atoms with van der Waals surface area (Å²) >= 11 is 0. The van der Waals surface area contributed by atoms with Crippen LogP contribution in [0.2, 0.25) is 0 Å². The molecule has 0 saturated heterocycles. The van der Waals surface area contributed by atoms with Gasteiger partial charge in [0.2, 0.25) is 0 Å². The zero-order chi connectivity index (χ0) is 13.4. The van der Waals surface area contributed by atoms with Gasteiger partial charge >= 0.3 is 0 Å². The van der Waals surface area contributed by atoms with Crippen molar-refractivity contribution in [2.45, 2.75) is 13.3 Å². The lowest BCUT2D eigenvalue weighted by Crippen LogP contribution is -2.28. The smallest absolute Gasteiger partial charge is 0.258 e. The van der Waals surface area contributed by atoms with Crippen molar-refractivity contribution in [2.75, 3.05) is 13.2 Å². The summed E-state index contributed by atoms with van der Waals surface area (Å²) in [5, 5.41) is 2.61. The first kappa shape index (κ1) is 14.0. The third-order valence-electron chi connectivity index (χ3n) is 2.19. The van der Waals surface area contributed by atoms with E-state index in [1.807, 2.05) is 12.1 Å². The number of Topliss-reactive ketones (excluding diaryl/α,β-unsaturated/α-hetero) is 1. The van der Waals surface area contributed by atoms with Crippen LogP contribution >= 0.6 is 0 Å². The summed E-state index contributed by atoms with van der Waals surface area (Å²) in [6.45, 7) is 5.45. The minimum atomic E-state index is -0.192. The second-order valence-corrected chi connectivity index (χ2v) is 3.90. The molecule has 1 aromatic rings. The summed E-state index contributed by atoms with van der Waals surface area (Å²) in [6, 6.07) is 7.13. The Hall–Kier alpha value is -2.10. The summed E-state index contributed by atoms with van der Waals surface area (Å²) in [5.41, 5.74) is 0.936. The van der Waals surface area contributed by atoms with Crippen LogP contribution in [0.4, 0.5) is 0 Å². The Balaban J connectivity index is 2.41. The molecule has 0 saturated carbocycles. The highest BCUT2D eigenvalue weighted by Crippen LogP contribution is 2.12. The summed E-state index contributed by atoms with van der Waals surface area (Å²) in [5.74, 6) is 0.534. The molecule has 0 heterocycles. The van der Waals surface area contributed by atoms with E-state index in [4.69, 9.17) is 4.74 Å². The van der Waals surface area contributed by atoms with Crippen LogP contribution in [0, 0.1) is 0 Å². The SMILES string of the molecule is C=CCNC(=O)COc1ccc(CC(C)=O)cc1. The Bertz CT molecular complexity index is 423. The summed E-state index contributed by atoms with van der Waals surface area (Å²) in [6.07, 6.45) is 2.02. The van der Waals surface area contributed by atoms with Gasteiger partial charge in [-0.2, -0.15) is 0 Å². The standard InChI is InChI=1S/C14H17NO3/c1-3-8-15-14(17)10-18-13-6-4-12(5-7-13)9-11(2)16/h3-7H,1,8-10H2,2H3,(H,15,17). The van der Waals surface area contributed by atoms with Crippen molar-refractivity contribution in [3.05, 3.63) is 42.5 Å². The highest BCUT2D eigenvalue weighted by Gasteiger charge is 2.02. The van der Waals surface area contributed by atoms with Crippen molar-refractivity contribution in [1.29, 1.82) is 0 Å². The zero-order valence-corrected chi connectivity index (χ0v) is 10.4. The van der Waals surface area contributed by atoms with Crippen LogP contribution in [0.15, 0.2) is 36.9 Å². The lowest BCUT2D eigenvalue weighted by molar-refractivity contribution is -0.122. The zero-order valence-electron chi connectivity index (χ0n) is 10.4. The molecule has 1 amide bonds. The molecule has 4 nitrogen and oxygen atoms in total. The number of hydrogen-bond acceptors (Lipinski definition) is 3. The molecule has 0 unspecified atom stereocenters. The molecule has 1 rings (SSSR count). The van der Waals surface area contributed by atoms with Gasteiger partial charge in [0, 0.05) is 13.0 Å². The molecule has 0 aliphatic heterocycles. The molecule has 0 fully saturated rings. The van der Waals surface area contributed by atoms with Crippen molar-refractivity contribution in [1.82, 2.24) is 5.32 Å². The maximum atomic E-state index is 11.3. The van der Waals surface area contributed by atoms with Crippen LogP contribution in [-0.4, -0.2) is 24.8 Å². The van der Waals surface area contributed by atoms with E-state index < -0.39 is 0 Å². The molecule has 0 spiro atoms. The van der Waals surface area contributed by atoms with Gasteiger partial charge in [0.1, 0.15) is 11.5 Å². The average Bonchev–Trinajstić information content (AvgIpc) is 2.35. The van der Waals surface area contributed by atoms with Gasteiger partial charge < -0.3 is 10.1 Å². The monoisotopic (exact) mass is 247 g/mol. The van der Waals surface area contributed by atoms with Gasteiger partial charge in [-0.15, -0.1) is 6.58 Å². The largest absolute Gasteiger partial charge is 0.484 e. The van der Waals surface area contributed by atoms with Gasteiger partial charge in [0.25, 0.3) is 5.91 Å². The number of ketones is 1. The number of rotatable bonds is 7. The van der Waals surface area contributed by atoms with Crippen molar-refractivity contribution in [3.8, 4) is 5.75 Å². The minimum absolute atomic E-state index is 0.0279. The summed E-state index contributed by atoms with van der Waals surface area (Å²) < 4.78 is 5.29. The Morgan fingerprint density at radius 3 is 2.56 bits per heavy atom. The first-order chi connectivity index (χ1) is 8.61. The van der Waals surface area contributed by atoms with Gasteiger partial charge in [-0.25, -0.2) is 0 Å². The van der Waals surface area contributed by atoms with Gasteiger partial charge in [-0.1, -0.05) is 18.2 Å². The van der Waals surface area contributed by atoms with Crippen molar-refractivity contribution >= 4 is 11.7 Å². The number of benzene rings is 1. The summed E-state index contributed by atoms with van der Waals surface area (Å²) in [4.78, 5) is 22.2. The molecule has 0 atom stereocenters. The third kappa shape index (κ3) is 5.30. The van der Waals surface area contributed by atoms with E-state index in [9.17, 15) is 9.59 Å². The number of hydrogen-bond donors (Lipinski definition) is 1. The van der Waals surface area contributed by atoms with Crippen LogP contribution in [0.3, 0.4) is 0 Å². The van der Waals surface area contributed by atoms with Crippen LogP contribution in [0.1, 0.15) is 12.5 Å². The van der Waals surface area contributed by atoms with Gasteiger partial charge in [0.05, 0.1) is 0 Å². The second kappa shape index (κ2) is 7.27.